The van der Waals surface area contributed by atoms with Crippen LogP contribution in [0.15, 0.2) is 48.7 Å². The molecule has 0 aliphatic carbocycles. The predicted octanol–water partition coefficient (Wildman–Crippen LogP) is 5.96. The summed E-state index contributed by atoms with van der Waals surface area (Å²) in [6.45, 7) is 15.0. The van der Waals surface area contributed by atoms with Crippen LogP contribution < -0.4 is 10.2 Å². The van der Waals surface area contributed by atoms with Crippen molar-refractivity contribution < 1.29 is 0 Å². The molecule has 2 rings (SSSR count). The molecular formula is C21H28N2. The molecule has 0 bridgehead atoms. The first-order chi connectivity index (χ1) is 10.8. The molecule has 2 aromatic rings. The fraction of sp³-hybridized carbons (Fsp3) is 0.333. The summed E-state index contributed by atoms with van der Waals surface area (Å²) in [6, 6.07) is 12.8. The zero-order valence-electron chi connectivity index (χ0n) is 15.2. The monoisotopic (exact) mass is 308 g/mol. The smallest absolute Gasteiger partial charge is 0.0644 e. The number of hydrogen-bond donors (Lipinski definition) is 1. The van der Waals surface area contributed by atoms with E-state index in [1.165, 1.54) is 22.4 Å². The second kappa shape index (κ2) is 6.91. The molecule has 0 radical (unpaired) electrons. The lowest BCUT2D eigenvalue weighted by Gasteiger charge is -2.27. The highest BCUT2D eigenvalue weighted by atomic mass is 15.1. The molecule has 0 aliphatic heterocycles. The predicted molar refractivity (Wildman–Crippen MR) is 103 cm³/mol. The van der Waals surface area contributed by atoms with Gasteiger partial charge in [0.2, 0.25) is 0 Å². The zero-order valence-corrected chi connectivity index (χ0v) is 15.2. The Labute approximate surface area is 140 Å². The molecule has 2 aromatic carbocycles. The van der Waals surface area contributed by atoms with Crippen molar-refractivity contribution in [2.45, 2.75) is 34.6 Å². The number of nitrogens with zero attached hydrogens (tertiary/aromatic N) is 1. The molecule has 122 valence electrons. The summed E-state index contributed by atoms with van der Waals surface area (Å²) >= 11 is 0. The van der Waals surface area contributed by atoms with Gasteiger partial charge in [-0.1, -0.05) is 50.3 Å². The molecule has 0 atom stereocenters. The molecular weight excluding hydrogens is 280 g/mol. The van der Waals surface area contributed by atoms with Crippen LogP contribution in [0.2, 0.25) is 0 Å². The molecule has 0 aromatic heterocycles. The zero-order chi connectivity index (χ0) is 17.1. The van der Waals surface area contributed by atoms with Gasteiger partial charge in [-0.3, -0.25) is 0 Å². The average Bonchev–Trinajstić information content (AvgIpc) is 2.49. The first-order valence-corrected chi connectivity index (χ1v) is 8.17. The normalized spacial score (nSPS) is 10.7. The highest BCUT2D eigenvalue weighted by Gasteiger charge is 2.13. The number of nitrogens with one attached hydrogen (secondary N) is 1. The Morgan fingerprint density at radius 2 is 1.61 bits per heavy atom. The molecule has 2 nitrogen and oxygen atoms in total. The molecule has 1 N–H and O–H groups in total. The van der Waals surface area contributed by atoms with E-state index in [0.717, 1.165) is 17.1 Å². The molecule has 2 heteroatoms. The van der Waals surface area contributed by atoms with Crippen LogP contribution >= 0.6 is 0 Å². The molecule has 0 heterocycles. The summed E-state index contributed by atoms with van der Waals surface area (Å²) in [5.74, 6) is 0.413. The molecule has 0 aliphatic rings. The Hall–Kier alpha value is -2.22. The SMILES string of the molecule is C=C(C(C)C)N(C)c1ccccc1Nc1c(C)cc(C)cc1C. The summed E-state index contributed by atoms with van der Waals surface area (Å²) in [7, 11) is 2.08. The highest BCUT2D eigenvalue weighted by molar-refractivity contribution is 5.78. The second-order valence-corrected chi connectivity index (χ2v) is 6.62. The minimum absolute atomic E-state index is 0.413. The van der Waals surface area contributed by atoms with Crippen molar-refractivity contribution >= 4 is 17.1 Å². The average molecular weight is 308 g/mol. The Kier molecular flexibility index (Phi) is 5.15. The van der Waals surface area contributed by atoms with E-state index in [-0.39, 0.29) is 0 Å². The lowest BCUT2D eigenvalue weighted by atomic mass is 10.0. The van der Waals surface area contributed by atoms with E-state index in [2.05, 4.69) is 94.9 Å². The minimum atomic E-state index is 0.413. The molecule has 0 unspecified atom stereocenters. The van der Waals surface area contributed by atoms with Gasteiger partial charge >= 0.3 is 0 Å². The van der Waals surface area contributed by atoms with E-state index in [9.17, 15) is 0 Å². The summed E-state index contributed by atoms with van der Waals surface area (Å²) in [5.41, 5.74) is 8.37. The van der Waals surface area contributed by atoms with Crippen molar-refractivity contribution in [2.75, 3.05) is 17.3 Å². The van der Waals surface area contributed by atoms with E-state index >= 15 is 0 Å². The molecule has 0 spiro atoms. The maximum absolute atomic E-state index is 4.22. The van der Waals surface area contributed by atoms with Gasteiger partial charge in [0, 0.05) is 18.4 Å². The van der Waals surface area contributed by atoms with E-state index < -0.39 is 0 Å². The van der Waals surface area contributed by atoms with Crippen molar-refractivity contribution in [1.82, 2.24) is 0 Å². The van der Waals surface area contributed by atoms with Gasteiger partial charge in [-0.05, 0) is 49.9 Å². The molecule has 0 amide bonds. The van der Waals surface area contributed by atoms with Crippen molar-refractivity contribution in [1.29, 1.82) is 0 Å². The van der Waals surface area contributed by atoms with Gasteiger partial charge in [-0.15, -0.1) is 0 Å². The van der Waals surface area contributed by atoms with Crippen LogP contribution in [0.5, 0.6) is 0 Å². The standard InChI is InChI=1S/C21H28N2/c1-14(2)18(6)23(7)20-11-9-8-10-19(20)22-21-16(4)12-15(3)13-17(21)5/h8-14,22H,6H2,1-5,7H3. The van der Waals surface area contributed by atoms with E-state index in [1.807, 2.05) is 0 Å². The Bertz CT molecular complexity index is 691. The highest BCUT2D eigenvalue weighted by Crippen LogP contribution is 2.33. The lowest BCUT2D eigenvalue weighted by Crippen LogP contribution is -2.20. The molecule has 0 saturated carbocycles. The van der Waals surface area contributed by atoms with E-state index in [4.69, 9.17) is 0 Å². The molecule has 23 heavy (non-hydrogen) atoms. The summed E-state index contributed by atoms with van der Waals surface area (Å²) in [6.07, 6.45) is 0. The fourth-order valence-corrected chi connectivity index (χ4v) is 2.93. The third-order valence-corrected chi connectivity index (χ3v) is 4.30. The molecule has 0 saturated heterocycles. The first kappa shape index (κ1) is 17.1. The van der Waals surface area contributed by atoms with Gasteiger partial charge in [-0.25, -0.2) is 0 Å². The summed E-state index contributed by atoms with van der Waals surface area (Å²) in [4.78, 5) is 2.17. The third-order valence-electron chi connectivity index (χ3n) is 4.30. The number of hydrogen-bond acceptors (Lipinski definition) is 2. The number of benzene rings is 2. The summed E-state index contributed by atoms with van der Waals surface area (Å²) in [5, 5.41) is 3.63. The number of allylic oxidation sites excluding steroid dienone is 1. The number of rotatable bonds is 5. The van der Waals surface area contributed by atoms with Crippen molar-refractivity contribution in [3.05, 3.63) is 65.4 Å². The first-order valence-electron chi connectivity index (χ1n) is 8.17. The number of para-hydroxylation sites is 2. The third kappa shape index (κ3) is 3.76. The van der Waals surface area contributed by atoms with Crippen LogP contribution in [0.3, 0.4) is 0 Å². The molecule has 0 fully saturated rings. The largest absolute Gasteiger partial charge is 0.353 e. The van der Waals surface area contributed by atoms with Crippen LogP contribution in [0.4, 0.5) is 17.1 Å². The lowest BCUT2D eigenvalue weighted by molar-refractivity contribution is 0.739. The van der Waals surface area contributed by atoms with Crippen LogP contribution in [-0.4, -0.2) is 7.05 Å². The van der Waals surface area contributed by atoms with Crippen molar-refractivity contribution in [2.24, 2.45) is 5.92 Å². The van der Waals surface area contributed by atoms with Gasteiger partial charge in [0.1, 0.15) is 0 Å². The van der Waals surface area contributed by atoms with E-state index in [1.54, 1.807) is 0 Å². The van der Waals surface area contributed by atoms with Gasteiger partial charge in [0.25, 0.3) is 0 Å². The van der Waals surface area contributed by atoms with Gasteiger partial charge in [-0.2, -0.15) is 0 Å². The van der Waals surface area contributed by atoms with Crippen molar-refractivity contribution in [3.63, 3.8) is 0 Å². The fourth-order valence-electron chi connectivity index (χ4n) is 2.93. The Morgan fingerprint density at radius 3 is 2.17 bits per heavy atom. The summed E-state index contributed by atoms with van der Waals surface area (Å²) < 4.78 is 0. The topological polar surface area (TPSA) is 15.3 Å². The quantitative estimate of drug-likeness (QED) is 0.733. The maximum Gasteiger partial charge on any atom is 0.0644 e. The van der Waals surface area contributed by atoms with Gasteiger partial charge in [0.15, 0.2) is 0 Å². The second-order valence-electron chi connectivity index (χ2n) is 6.62. The van der Waals surface area contributed by atoms with Gasteiger partial charge < -0.3 is 10.2 Å². The van der Waals surface area contributed by atoms with Gasteiger partial charge in [0.05, 0.1) is 11.4 Å². The number of aryl methyl sites for hydroxylation is 3. The maximum atomic E-state index is 4.22. The van der Waals surface area contributed by atoms with E-state index in [0.29, 0.717) is 5.92 Å². The Balaban J connectivity index is 2.41. The minimum Gasteiger partial charge on any atom is -0.353 e. The Morgan fingerprint density at radius 1 is 1.04 bits per heavy atom. The van der Waals surface area contributed by atoms with Crippen LogP contribution in [0, 0.1) is 26.7 Å². The van der Waals surface area contributed by atoms with Crippen LogP contribution in [0.1, 0.15) is 30.5 Å². The van der Waals surface area contributed by atoms with Crippen LogP contribution in [-0.2, 0) is 0 Å². The number of anilines is 3. The van der Waals surface area contributed by atoms with Crippen LogP contribution in [0.25, 0.3) is 0 Å². The van der Waals surface area contributed by atoms with Crippen molar-refractivity contribution in [3.8, 4) is 0 Å².